The van der Waals surface area contributed by atoms with E-state index in [-0.39, 0.29) is 11.3 Å². The van der Waals surface area contributed by atoms with E-state index in [9.17, 15) is 14.7 Å². The summed E-state index contributed by atoms with van der Waals surface area (Å²) in [4.78, 5) is 28.8. The van der Waals surface area contributed by atoms with Crippen molar-refractivity contribution in [1.29, 1.82) is 0 Å². The van der Waals surface area contributed by atoms with Gasteiger partial charge in [0.15, 0.2) is 5.43 Å². The highest BCUT2D eigenvalue weighted by Crippen LogP contribution is 2.42. The average molecular weight is 342 g/mol. The second-order valence-electron chi connectivity index (χ2n) is 7.61. The van der Waals surface area contributed by atoms with Crippen LogP contribution in [-0.4, -0.2) is 54.1 Å². The Balaban J connectivity index is 1.62. The lowest BCUT2D eigenvalue weighted by Gasteiger charge is -2.24. The van der Waals surface area contributed by atoms with E-state index >= 15 is 0 Å². The number of rotatable bonds is 3. The molecule has 3 heterocycles. The molecule has 2 fully saturated rings. The van der Waals surface area contributed by atoms with Crippen LogP contribution in [-0.2, 0) is 11.3 Å². The maximum absolute atomic E-state index is 12.8. The number of aryl methyl sites for hydroxylation is 1. The van der Waals surface area contributed by atoms with E-state index in [1.54, 1.807) is 0 Å². The van der Waals surface area contributed by atoms with Crippen molar-refractivity contribution in [2.45, 2.75) is 13.5 Å². The molecule has 1 aromatic heterocycles. The van der Waals surface area contributed by atoms with E-state index in [4.69, 9.17) is 4.42 Å². The Morgan fingerprint density at radius 3 is 2.88 bits per heavy atom. The first-order valence-corrected chi connectivity index (χ1v) is 8.54. The Morgan fingerprint density at radius 2 is 2.16 bits per heavy atom. The minimum atomic E-state index is -0.731. The van der Waals surface area contributed by atoms with Crippen LogP contribution in [0.4, 0.5) is 0 Å². The minimum Gasteiger partial charge on any atom is -0.481 e. The first kappa shape index (κ1) is 16.3. The molecule has 0 saturated carbocycles. The highest BCUT2D eigenvalue weighted by atomic mass is 16.4. The molecule has 2 atom stereocenters. The lowest BCUT2D eigenvalue weighted by molar-refractivity contribution is -0.148. The number of carboxylic acids is 1. The predicted molar refractivity (Wildman–Crippen MR) is 93.6 cm³/mol. The van der Waals surface area contributed by atoms with Gasteiger partial charge >= 0.3 is 5.97 Å². The number of hydrogen-bond donors (Lipinski definition) is 1. The third kappa shape index (κ3) is 2.56. The maximum atomic E-state index is 12.8. The molecular formula is C19H22N2O4. The second-order valence-corrected chi connectivity index (χ2v) is 7.61. The Hall–Kier alpha value is -2.18. The van der Waals surface area contributed by atoms with Crippen LogP contribution >= 0.6 is 0 Å². The van der Waals surface area contributed by atoms with Crippen LogP contribution in [0.1, 0.15) is 11.1 Å². The molecule has 0 spiro atoms. The van der Waals surface area contributed by atoms with Crippen LogP contribution in [0, 0.1) is 18.3 Å². The highest BCUT2D eigenvalue weighted by Gasteiger charge is 2.56. The van der Waals surface area contributed by atoms with Gasteiger partial charge in [-0.25, -0.2) is 0 Å². The topological polar surface area (TPSA) is 74.0 Å². The number of fused-ring (bicyclic) bond motifs is 2. The number of nitrogens with zero attached hydrogens (tertiary/aromatic N) is 2. The molecule has 0 radical (unpaired) electrons. The number of likely N-dealkylation sites (tertiary alicyclic amines) is 2. The third-order valence-electron chi connectivity index (χ3n) is 5.67. The van der Waals surface area contributed by atoms with Crippen LogP contribution in [0.25, 0.3) is 11.0 Å². The van der Waals surface area contributed by atoms with Crippen molar-refractivity contribution >= 4 is 16.9 Å². The lowest BCUT2D eigenvalue weighted by Crippen LogP contribution is -2.40. The number of carboxylic acid groups (broad SMARTS) is 1. The zero-order valence-corrected chi connectivity index (χ0v) is 14.5. The fourth-order valence-electron chi connectivity index (χ4n) is 4.48. The van der Waals surface area contributed by atoms with Crippen molar-refractivity contribution in [2.24, 2.45) is 11.3 Å². The first-order valence-electron chi connectivity index (χ1n) is 8.54. The van der Waals surface area contributed by atoms with E-state index in [0.717, 1.165) is 12.1 Å². The minimum absolute atomic E-state index is 0.0245. The van der Waals surface area contributed by atoms with Gasteiger partial charge in [0, 0.05) is 44.2 Å². The fraction of sp³-hybridized carbons (Fsp3) is 0.474. The van der Waals surface area contributed by atoms with Crippen LogP contribution < -0.4 is 5.43 Å². The summed E-state index contributed by atoms with van der Waals surface area (Å²) in [5.74, 6) is -0.629. The van der Waals surface area contributed by atoms with Crippen molar-refractivity contribution in [1.82, 2.24) is 9.80 Å². The Morgan fingerprint density at radius 1 is 1.36 bits per heavy atom. The SMILES string of the molecule is Cc1ccc2occ(CN3C[C@@H]4CN(C)C[C@]4(C(=O)O)C3)c(=O)c2c1. The Labute approximate surface area is 145 Å². The molecule has 1 N–H and O–H groups in total. The van der Waals surface area contributed by atoms with Gasteiger partial charge in [-0.2, -0.15) is 0 Å². The first-order chi connectivity index (χ1) is 11.9. The van der Waals surface area contributed by atoms with Crippen LogP contribution in [0.2, 0.25) is 0 Å². The summed E-state index contributed by atoms with van der Waals surface area (Å²) in [6.45, 7) is 4.90. The second kappa shape index (κ2) is 5.68. The van der Waals surface area contributed by atoms with Crippen LogP contribution in [0.5, 0.6) is 0 Å². The van der Waals surface area contributed by atoms with Crippen LogP contribution in [0.15, 0.2) is 33.7 Å². The van der Waals surface area contributed by atoms with Gasteiger partial charge in [0.25, 0.3) is 0 Å². The molecule has 2 aromatic rings. The molecule has 2 aliphatic heterocycles. The number of carbonyl (C=O) groups is 1. The smallest absolute Gasteiger partial charge is 0.312 e. The van der Waals surface area contributed by atoms with Crippen molar-refractivity contribution in [3.05, 3.63) is 45.8 Å². The molecule has 2 aliphatic rings. The largest absolute Gasteiger partial charge is 0.481 e. The quantitative estimate of drug-likeness (QED) is 0.912. The standard InChI is InChI=1S/C19H22N2O4/c1-12-3-4-16-15(5-12)17(22)13(9-25-16)6-21-8-14-7-20(2)10-19(14,11-21)18(23)24/h3-5,9,14H,6-8,10-11H2,1-2H3,(H,23,24)/t14-,19-/m0/s1. The zero-order chi connectivity index (χ0) is 17.8. The van der Waals surface area contributed by atoms with Crippen LogP contribution in [0.3, 0.4) is 0 Å². The van der Waals surface area contributed by atoms with E-state index in [2.05, 4.69) is 9.80 Å². The van der Waals surface area contributed by atoms with Gasteiger partial charge in [-0.3, -0.25) is 14.5 Å². The van der Waals surface area contributed by atoms with Gasteiger partial charge in [0.1, 0.15) is 5.58 Å². The van der Waals surface area contributed by atoms with E-state index in [1.165, 1.54) is 6.26 Å². The fourth-order valence-corrected chi connectivity index (χ4v) is 4.48. The Bertz CT molecular complexity index is 906. The zero-order valence-electron chi connectivity index (χ0n) is 14.5. The van der Waals surface area contributed by atoms with Gasteiger partial charge in [0.2, 0.25) is 0 Å². The van der Waals surface area contributed by atoms with E-state index < -0.39 is 11.4 Å². The van der Waals surface area contributed by atoms with Crippen molar-refractivity contribution in [3.8, 4) is 0 Å². The molecule has 1 aromatic carbocycles. The number of benzene rings is 1. The Kier molecular flexibility index (Phi) is 3.70. The summed E-state index contributed by atoms with van der Waals surface area (Å²) in [5, 5.41) is 10.4. The van der Waals surface area contributed by atoms with Gasteiger partial charge in [0.05, 0.1) is 17.1 Å². The van der Waals surface area contributed by atoms with E-state index in [0.29, 0.717) is 42.7 Å². The molecule has 6 nitrogen and oxygen atoms in total. The molecule has 25 heavy (non-hydrogen) atoms. The summed E-state index contributed by atoms with van der Waals surface area (Å²) in [5.41, 5.74) is 1.44. The molecule has 0 bridgehead atoms. The highest BCUT2D eigenvalue weighted by molar-refractivity contribution is 5.78. The summed E-state index contributed by atoms with van der Waals surface area (Å²) in [6.07, 6.45) is 1.52. The molecule has 6 heteroatoms. The van der Waals surface area contributed by atoms with Gasteiger partial charge < -0.3 is 14.4 Å². The molecule has 0 aliphatic carbocycles. The van der Waals surface area contributed by atoms with Gasteiger partial charge in [-0.05, 0) is 26.1 Å². The van der Waals surface area contributed by atoms with E-state index in [1.807, 2.05) is 32.2 Å². The molecule has 2 saturated heterocycles. The summed E-state index contributed by atoms with van der Waals surface area (Å²) in [6, 6.07) is 5.57. The van der Waals surface area contributed by atoms with Gasteiger partial charge in [-0.1, -0.05) is 11.6 Å². The van der Waals surface area contributed by atoms with Gasteiger partial charge in [-0.15, -0.1) is 0 Å². The monoisotopic (exact) mass is 342 g/mol. The summed E-state index contributed by atoms with van der Waals surface area (Å²) >= 11 is 0. The number of aliphatic carboxylic acids is 1. The normalized spacial score (nSPS) is 27.0. The summed E-state index contributed by atoms with van der Waals surface area (Å²) < 4.78 is 5.62. The molecule has 0 amide bonds. The number of hydrogen-bond acceptors (Lipinski definition) is 5. The summed E-state index contributed by atoms with van der Waals surface area (Å²) in [7, 11) is 1.97. The lowest BCUT2D eigenvalue weighted by atomic mass is 9.81. The van der Waals surface area contributed by atoms with Crippen molar-refractivity contribution in [3.63, 3.8) is 0 Å². The average Bonchev–Trinajstić information content (AvgIpc) is 3.04. The predicted octanol–water partition coefficient (Wildman–Crippen LogP) is 1.55. The van der Waals surface area contributed by atoms with Crippen molar-refractivity contribution in [2.75, 3.05) is 33.2 Å². The maximum Gasteiger partial charge on any atom is 0.312 e. The third-order valence-corrected chi connectivity index (χ3v) is 5.67. The molecular weight excluding hydrogens is 320 g/mol. The van der Waals surface area contributed by atoms with Crippen molar-refractivity contribution < 1.29 is 14.3 Å². The molecule has 0 unspecified atom stereocenters. The molecule has 4 rings (SSSR count). The molecule has 132 valence electrons.